The monoisotopic (exact) mass is 239 g/mol. The van der Waals surface area contributed by atoms with Gasteiger partial charge in [0.1, 0.15) is 5.01 Å². The van der Waals surface area contributed by atoms with Crippen LogP contribution in [-0.2, 0) is 13.1 Å². The van der Waals surface area contributed by atoms with Crippen LogP contribution in [0.1, 0.15) is 36.9 Å². The van der Waals surface area contributed by atoms with Gasteiger partial charge < -0.3 is 10.2 Å². The summed E-state index contributed by atoms with van der Waals surface area (Å²) >= 11 is 1.78. The first-order valence-corrected chi connectivity index (χ1v) is 7.01. The van der Waals surface area contributed by atoms with Gasteiger partial charge in [-0.15, -0.1) is 11.3 Å². The lowest BCUT2D eigenvalue weighted by Gasteiger charge is -2.13. The zero-order valence-electron chi connectivity index (χ0n) is 10.2. The molecule has 0 atom stereocenters. The van der Waals surface area contributed by atoms with Crippen LogP contribution in [0.25, 0.3) is 0 Å². The zero-order valence-corrected chi connectivity index (χ0v) is 11.0. The fourth-order valence-corrected chi connectivity index (χ4v) is 2.50. The van der Waals surface area contributed by atoms with E-state index in [9.17, 15) is 0 Å². The molecule has 1 fully saturated rings. The van der Waals surface area contributed by atoms with Gasteiger partial charge in [0, 0.05) is 24.5 Å². The van der Waals surface area contributed by atoms with E-state index in [1.54, 1.807) is 11.3 Å². The Hall–Kier alpha value is -0.450. The standard InChI is InChI=1S/C12H21N3S/c1-3-6-15(2)8-11-9-16-12(14-11)7-13-10-4-5-10/h9-10,13H,3-8H2,1-2H3. The highest BCUT2D eigenvalue weighted by Gasteiger charge is 2.20. The van der Waals surface area contributed by atoms with Crippen molar-refractivity contribution in [2.45, 2.75) is 45.3 Å². The van der Waals surface area contributed by atoms with E-state index >= 15 is 0 Å². The Morgan fingerprint density at radius 2 is 2.38 bits per heavy atom. The molecular weight excluding hydrogens is 218 g/mol. The van der Waals surface area contributed by atoms with E-state index in [1.165, 1.54) is 30.0 Å². The molecule has 2 rings (SSSR count). The van der Waals surface area contributed by atoms with Gasteiger partial charge >= 0.3 is 0 Å². The first-order chi connectivity index (χ1) is 7.78. The Bertz CT molecular complexity index is 320. The second-order valence-corrected chi connectivity index (χ2v) is 5.57. The van der Waals surface area contributed by atoms with Crippen LogP contribution < -0.4 is 5.32 Å². The van der Waals surface area contributed by atoms with Crippen LogP contribution >= 0.6 is 11.3 Å². The Balaban J connectivity index is 1.76. The van der Waals surface area contributed by atoms with Crippen LogP contribution in [0.2, 0.25) is 0 Å². The smallest absolute Gasteiger partial charge is 0.107 e. The van der Waals surface area contributed by atoms with E-state index in [-0.39, 0.29) is 0 Å². The maximum Gasteiger partial charge on any atom is 0.107 e. The molecule has 0 bridgehead atoms. The zero-order chi connectivity index (χ0) is 11.4. The Morgan fingerprint density at radius 1 is 1.56 bits per heavy atom. The summed E-state index contributed by atoms with van der Waals surface area (Å²) in [4.78, 5) is 6.97. The normalized spacial score (nSPS) is 15.9. The van der Waals surface area contributed by atoms with Crippen molar-refractivity contribution in [3.05, 3.63) is 16.1 Å². The van der Waals surface area contributed by atoms with Crippen LogP contribution in [0.5, 0.6) is 0 Å². The topological polar surface area (TPSA) is 28.2 Å². The minimum absolute atomic E-state index is 0.773. The number of aromatic nitrogens is 1. The predicted octanol–water partition coefficient (Wildman–Crippen LogP) is 2.24. The third kappa shape index (κ3) is 3.85. The molecule has 0 radical (unpaired) electrons. The van der Waals surface area contributed by atoms with Gasteiger partial charge in [-0.3, -0.25) is 0 Å². The van der Waals surface area contributed by atoms with Gasteiger partial charge in [-0.25, -0.2) is 4.98 Å². The summed E-state index contributed by atoms with van der Waals surface area (Å²) in [5.74, 6) is 0. The first kappa shape index (κ1) is 12.0. The van der Waals surface area contributed by atoms with Crippen molar-refractivity contribution < 1.29 is 0 Å². The average Bonchev–Trinajstić information content (AvgIpc) is 2.98. The van der Waals surface area contributed by atoms with Gasteiger partial charge in [0.15, 0.2) is 0 Å². The number of nitrogens with one attached hydrogen (secondary N) is 1. The molecule has 0 amide bonds. The summed E-state index contributed by atoms with van der Waals surface area (Å²) in [5.41, 5.74) is 1.22. The largest absolute Gasteiger partial charge is 0.308 e. The van der Waals surface area contributed by atoms with Gasteiger partial charge in [-0.2, -0.15) is 0 Å². The number of thiazole rings is 1. The highest BCUT2D eigenvalue weighted by molar-refractivity contribution is 7.09. The van der Waals surface area contributed by atoms with E-state index in [0.717, 1.165) is 25.7 Å². The molecule has 90 valence electrons. The Kier molecular flexibility index (Phi) is 4.32. The number of nitrogens with zero attached hydrogens (tertiary/aromatic N) is 2. The van der Waals surface area contributed by atoms with Crippen molar-refractivity contribution >= 4 is 11.3 Å². The third-order valence-corrected chi connectivity index (χ3v) is 3.65. The van der Waals surface area contributed by atoms with Gasteiger partial charge in [-0.1, -0.05) is 6.92 Å². The van der Waals surface area contributed by atoms with Crippen molar-refractivity contribution in [3.8, 4) is 0 Å². The molecule has 1 N–H and O–H groups in total. The molecule has 4 heteroatoms. The lowest BCUT2D eigenvalue weighted by molar-refractivity contribution is 0.324. The third-order valence-electron chi connectivity index (χ3n) is 2.76. The highest BCUT2D eigenvalue weighted by Crippen LogP contribution is 2.20. The van der Waals surface area contributed by atoms with E-state index in [0.29, 0.717) is 0 Å². The summed E-state index contributed by atoms with van der Waals surface area (Å²) in [5, 5.41) is 6.92. The molecule has 1 aromatic rings. The fraction of sp³-hybridized carbons (Fsp3) is 0.750. The summed E-state index contributed by atoms with van der Waals surface area (Å²) in [6.45, 7) is 5.29. The summed E-state index contributed by atoms with van der Waals surface area (Å²) in [7, 11) is 2.16. The molecule has 0 saturated heterocycles. The van der Waals surface area contributed by atoms with Gasteiger partial charge in [-0.05, 0) is 32.9 Å². The minimum atomic E-state index is 0.773. The Morgan fingerprint density at radius 3 is 3.06 bits per heavy atom. The molecule has 1 aromatic heterocycles. The predicted molar refractivity (Wildman–Crippen MR) is 68.6 cm³/mol. The van der Waals surface area contributed by atoms with Crippen molar-refractivity contribution in [3.63, 3.8) is 0 Å². The quantitative estimate of drug-likeness (QED) is 0.791. The maximum atomic E-state index is 4.65. The lowest BCUT2D eigenvalue weighted by Crippen LogP contribution is -2.19. The molecule has 3 nitrogen and oxygen atoms in total. The first-order valence-electron chi connectivity index (χ1n) is 6.13. The number of hydrogen-bond acceptors (Lipinski definition) is 4. The molecular formula is C12H21N3S. The molecule has 16 heavy (non-hydrogen) atoms. The lowest BCUT2D eigenvalue weighted by atomic mass is 10.4. The van der Waals surface area contributed by atoms with Crippen LogP contribution in [-0.4, -0.2) is 29.5 Å². The molecule has 1 aliphatic carbocycles. The maximum absolute atomic E-state index is 4.65. The van der Waals surface area contributed by atoms with Crippen LogP contribution in [0.3, 0.4) is 0 Å². The Labute approximate surface area is 102 Å². The molecule has 0 spiro atoms. The summed E-state index contributed by atoms with van der Waals surface area (Å²) < 4.78 is 0. The van der Waals surface area contributed by atoms with Gasteiger partial charge in [0.2, 0.25) is 0 Å². The molecule has 0 aromatic carbocycles. The summed E-state index contributed by atoms with van der Waals surface area (Å²) in [6, 6.07) is 0.773. The summed E-state index contributed by atoms with van der Waals surface area (Å²) in [6.07, 6.45) is 3.89. The van der Waals surface area contributed by atoms with Crippen LogP contribution in [0.4, 0.5) is 0 Å². The van der Waals surface area contributed by atoms with E-state index in [2.05, 4.69) is 34.6 Å². The van der Waals surface area contributed by atoms with Gasteiger partial charge in [0.25, 0.3) is 0 Å². The van der Waals surface area contributed by atoms with E-state index in [1.807, 2.05) is 0 Å². The molecule has 1 aliphatic rings. The van der Waals surface area contributed by atoms with Crippen molar-refractivity contribution in [1.82, 2.24) is 15.2 Å². The SMILES string of the molecule is CCCN(C)Cc1csc(CNC2CC2)n1. The molecule has 1 saturated carbocycles. The average molecular weight is 239 g/mol. The molecule has 0 aliphatic heterocycles. The minimum Gasteiger partial charge on any atom is -0.308 e. The van der Waals surface area contributed by atoms with Crippen molar-refractivity contribution in [2.75, 3.05) is 13.6 Å². The van der Waals surface area contributed by atoms with Crippen LogP contribution in [0, 0.1) is 0 Å². The fourth-order valence-electron chi connectivity index (χ4n) is 1.76. The van der Waals surface area contributed by atoms with Gasteiger partial charge in [0.05, 0.1) is 5.69 Å². The number of hydrogen-bond donors (Lipinski definition) is 1. The second-order valence-electron chi connectivity index (χ2n) is 4.63. The highest BCUT2D eigenvalue weighted by atomic mass is 32.1. The van der Waals surface area contributed by atoms with Crippen LogP contribution in [0.15, 0.2) is 5.38 Å². The second kappa shape index (κ2) is 5.75. The van der Waals surface area contributed by atoms with Crippen molar-refractivity contribution in [2.24, 2.45) is 0 Å². The van der Waals surface area contributed by atoms with E-state index < -0.39 is 0 Å². The van der Waals surface area contributed by atoms with Crippen molar-refractivity contribution in [1.29, 1.82) is 0 Å². The molecule has 0 unspecified atom stereocenters. The number of rotatable bonds is 7. The molecule has 1 heterocycles. The van der Waals surface area contributed by atoms with E-state index in [4.69, 9.17) is 0 Å².